The number of oxazole rings is 1. The molecule has 2 aromatic heterocycles. The van der Waals surface area contributed by atoms with Crippen LogP contribution in [-0.4, -0.2) is 41.4 Å². The van der Waals surface area contributed by atoms with Crippen molar-refractivity contribution in [1.29, 1.82) is 0 Å². The summed E-state index contributed by atoms with van der Waals surface area (Å²) in [5.74, 6) is -1.51. The Morgan fingerprint density at radius 1 is 1.09 bits per heavy atom. The second-order valence-corrected chi connectivity index (χ2v) is 8.69. The first-order valence-electron chi connectivity index (χ1n) is 11.2. The van der Waals surface area contributed by atoms with Crippen LogP contribution >= 0.6 is 0 Å². The molecule has 0 bridgehead atoms. The predicted octanol–water partition coefficient (Wildman–Crippen LogP) is 4.11. The number of nitrogens with one attached hydrogen (secondary N) is 2. The second-order valence-electron chi connectivity index (χ2n) is 8.69. The van der Waals surface area contributed by atoms with Gasteiger partial charge in [0, 0.05) is 25.2 Å². The first-order valence-corrected chi connectivity index (χ1v) is 11.2. The fourth-order valence-corrected chi connectivity index (χ4v) is 4.56. The maximum atomic E-state index is 13.5. The van der Waals surface area contributed by atoms with E-state index in [0.717, 1.165) is 19.3 Å². The zero-order valence-electron chi connectivity index (χ0n) is 18.6. The molecule has 35 heavy (non-hydrogen) atoms. The summed E-state index contributed by atoms with van der Waals surface area (Å²) in [6, 6.07) is 11.3. The van der Waals surface area contributed by atoms with Gasteiger partial charge in [-0.3, -0.25) is 9.59 Å². The minimum Gasteiger partial charge on any atom is -0.430 e. The van der Waals surface area contributed by atoms with Gasteiger partial charge in [0.2, 0.25) is 17.6 Å². The molecule has 3 aromatic rings. The van der Waals surface area contributed by atoms with Crippen molar-refractivity contribution in [1.82, 2.24) is 15.3 Å². The van der Waals surface area contributed by atoms with Gasteiger partial charge in [-0.25, -0.2) is 9.97 Å². The summed E-state index contributed by atoms with van der Waals surface area (Å²) in [7, 11) is 0. The molecule has 2 amide bonds. The molecule has 0 atom stereocenters. The normalized spacial score (nSPS) is 17.5. The number of hydrogen-bond acceptors (Lipinski definition) is 6. The van der Waals surface area contributed by atoms with Crippen molar-refractivity contribution in [3.05, 3.63) is 60.1 Å². The van der Waals surface area contributed by atoms with Crippen molar-refractivity contribution in [2.24, 2.45) is 5.41 Å². The maximum absolute atomic E-state index is 13.5. The summed E-state index contributed by atoms with van der Waals surface area (Å²) in [6.07, 6.45) is -1.19. The number of rotatable bonds is 4. The van der Waals surface area contributed by atoms with Gasteiger partial charge in [-0.05, 0) is 43.5 Å². The summed E-state index contributed by atoms with van der Waals surface area (Å²) in [5.41, 5.74) is -1.15. The molecule has 0 radical (unpaired) electrons. The van der Waals surface area contributed by atoms with Crippen molar-refractivity contribution in [3.63, 3.8) is 0 Å². The van der Waals surface area contributed by atoms with Gasteiger partial charge in [0.25, 0.3) is 5.91 Å². The van der Waals surface area contributed by atoms with E-state index in [9.17, 15) is 22.8 Å². The zero-order chi connectivity index (χ0) is 24.6. The van der Waals surface area contributed by atoms with Crippen LogP contribution in [0.3, 0.4) is 0 Å². The third-order valence-electron chi connectivity index (χ3n) is 6.54. The third kappa shape index (κ3) is 4.45. The van der Waals surface area contributed by atoms with Crippen LogP contribution in [0.5, 0.6) is 0 Å². The molecule has 2 saturated heterocycles. The molecule has 1 aromatic carbocycles. The molecule has 8 nitrogen and oxygen atoms in total. The SMILES string of the molecule is O=C(Nc1ccc(N2CCC3(CCNC3=O)CC2)nc1)c1oc(-c2ccccc2)nc1C(F)(F)F. The standard InChI is InChI=1S/C24H22F3N5O3/c25-24(26,27)19-18(35-21(31-19)15-4-2-1-3-5-15)20(33)30-16-6-7-17(29-14-16)32-12-9-23(10-13-32)8-11-28-22(23)34/h1-7,14H,8-13H2,(H,28,34)(H,30,33). The zero-order valence-corrected chi connectivity index (χ0v) is 18.6. The second kappa shape index (κ2) is 8.71. The number of halogens is 3. The Morgan fingerprint density at radius 3 is 2.43 bits per heavy atom. The number of amides is 2. The number of nitrogens with zero attached hydrogens (tertiary/aromatic N) is 3. The number of piperidine rings is 1. The van der Waals surface area contributed by atoms with Gasteiger partial charge < -0.3 is 20.0 Å². The molecule has 0 unspecified atom stereocenters. The molecule has 5 rings (SSSR count). The summed E-state index contributed by atoms with van der Waals surface area (Å²) < 4.78 is 45.8. The summed E-state index contributed by atoms with van der Waals surface area (Å²) >= 11 is 0. The topological polar surface area (TPSA) is 100 Å². The van der Waals surface area contributed by atoms with Crippen LogP contribution < -0.4 is 15.5 Å². The summed E-state index contributed by atoms with van der Waals surface area (Å²) in [5, 5.41) is 5.31. The van der Waals surface area contributed by atoms with E-state index in [0.29, 0.717) is 31.0 Å². The molecule has 0 aliphatic carbocycles. The van der Waals surface area contributed by atoms with Crippen LogP contribution in [0.1, 0.15) is 35.5 Å². The molecule has 1 spiro atoms. The third-order valence-corrected chi connectivity index (χ3v) is 6.54. The van der Waals surface area contributed by atoms with E-state index in [1.54, 1.807) is 30.3 Å². The first kappa shape index (κ1) is 22.9. The Kier molecular flexibility index (Phi) is 5.70. The van der Waals surface area contributed by atoms with Gasteiger partial charge in [0.1, 0.15) is 5.82 Å². The molecule has 2 aliphatic heterocycles. The predicted molar refractivity (Wildman–Crippen MR) is 121 cm³/mol. The number of hydrogen-bond donors (Lipinski definition) is 2. The fourth-order valence-electron chi connectivity index (χ4n) is 4.56. The minimum atomic E-state index is -4.87. The van der Waals surface area contributed by atoms with Crippen LogP contribution in [0.15, 0.2) is 53.1 Å². The van der Waals surface area contributed by atoms with Crippen LogP contribution in [0.2, 0.25) is 0 Å². The molecule has 2 aliphatic rings. The van der Waals surface area contributed by atoms with Crippen LogP contribution in [0, 0.1) is 5.41 Å². The number of aromatic nitrogens is 2. The Balaban J connectivity index is 1.29. The highest BCUT2D eigenvalue weighted by molar-refractivity contribution is 6.03. The quantitative estimate of drug-likeness (QED) is 0.577. The number of alkyl halides is 3. The van der Waals surface area contributed by atoms with Crippen LogP contribution in [0.4, 0.5) is 24.7 Å². The van der Waals surface area contributed by atoms with E-state index in [1.165, 1.54) is 18.3 Å². The van der Waals surface area contributed by atoms with Gasteiger partial charge in [-0.1, -0.05) is 18.2 Å². The van der Waals surface area contributed by atoms with E-state index >= 15 is 0 Å². The van der Waals surface area contributed by atoms with Gasteiger partial charge in [-0.15, -0.1) is 0 Å². The summed E-state index contributed by atoms with van der Waals surface area (Å²) in [6.45, 7) is 2.04. The number of benzene rings is 1. The van der Waals surface area contributed by atoms with Crippen molar-refractivity contribution >= 4 is 23.3 Å². The van der Waals surface area contributed by atoms with E-state index in [-0.39, 0.29) is 22.9 Å². The Labute approximate surface area is 198 Å². The highest BCUT2D eigenvalue weighted by atomic mass is 19.4. The van der Waals surface area contributed by atoms with E-state index in [4.69, 9.17) is 4.42 Å². The lowest BCUT2D eigenvalue weighted by atomic mass is 9.77. The molecule has 11 heteroatoms. The van der Waals surface area contributed by atoms with E-state index < -0.39 is 23.5 Å². The molecule has 4 heterocycles. The van der Waals surface area contributed by atoms with Gasteiger partial charge in [-0.2, -0.15) is 13.2 Å². The number of anilines is 2. The van der Waals surface area contributed by atoms with Gasteiger partial charge in [0.05, 0.1) is 17.3 Å². The van der Waals surface area contributed by atoms with Crippen LogP contribution in [0.25, 0.3) is 11.5 Å². The minimum absolute atomic E-state index is 0.115. The molecular formula is C24H22F3N5O3. The average Bonchev–Trinajstić information content (AvgIpc) is 3.46. The highest BCUT2D eigenvalue weighted by Gasteiger charge is 2.44. The van der Waals surface area contributed by atoms with Gasteiger partial charge in [0.15, 0.2) is 5.69 Å². The maximum Gasteiger partial charge on any atom is 0.437 e. The molecule has 182 valence electrons. The van der Waals surface area contributed by atoms with Crippen molar-refractivity contribution in [3.8, 4) is 11.5 Å². The molecule has 2 fully saturated rings. The highest BCUT2D eigenvalue weighted by Crippen LogP contribution is 2.39. The lowest BCUT2D eigenvalue weighted by Crippen LogP contribution is -2.44. The summed E-state index contributed by atoms with van der Waals surface area (Å²) in [4.78, 5) is 34.7. The van der Waals surface area contributed by atoms with E-state index in [1.807, 2.05) is 4.90 Å². The van der Waals surface area contributed by atoms with Crippen LogP contribution in [-0.2, 0) is 11.0 Å². The Morgan fingerprint density at radius 2 is 1.83 bits per heavy atom. The largest absolute Gasteiger partial charge is 0.437 e. The Bertz CT molecular complexity index is 1230. The molecule has 2 N–H and O–H groups in total. The van der Waals surface area contributed by atoms with Crippen molar-refractivity contribution < 1.29 is 27.2 Å². The van der Waals surface area contributed by atoms with Gasteiger partial charge >= 0.3 is 6.18 Å². The lowest BCUT2D eigenvalue weighted by Gasteiger charge is -2.37. The Hall–Kier alpha value is -3.89. The number of carbonyl (C=O) groups is 2. The first-order chi connectivity index (χ1) is 16.7. The molecule has 0 saturated carbocycles. The number of pyridine rings is 1. The molecular weight excluding hydrogens is 463 g/mol. The van der Waals surface area contributed by atoms with Crippen molar-refractivity contribution in [2.75, 3.05) is 29.9 Å². The fraction of sp³-hybridized carbons (Fsp3) is 0.333. The van der Waals surface area contributed by atoms with E-state index in [2.05, 4.69) is 20.6 Å². The monoisotopic (exact) mass is 485 g/mol. The van der Waals surface area contributed by atoms with Crippen molar-refractivity contribution in [2.45, 2.75) is 25.4 Å². The average molecular weight is 485 g/mol. The smallest absolute Gasteiger partial charge is 0.430 e. The number of carbonyl (C=O) groups excluding carboxylic acids is 2. The lowest BCUT2D eigenvalue weighted by molar-refractivity contribution is -0.141.